The SMILES string of the molecule is C=C(C)C(=O)OCCC[Si](COC)(OCC)OCC. The first-order valence-electron chi connectivity index (χ1n) is 6.60. The number of methoxy groups -OCH3 is 1. The van der Waals surface area contributed by atoms with Gasteiger partial charge in [0.1, 0.15) is 0 Å². The van der Waals surface area contributed by atoms with Crippen LogP contribution in [0.2, 0.25) is 6.04 Å². The second-order valence-corrected chi connectivity index (χ2v) is 7.42. The molecule has 0 aliphatic heterocycles. The third-order valence-electron chi connectivity index (χ3n) is 2.46. The Bertz CT molecular complexity index is 263. The van der Waals surface area contributed by atoms with Gasteiger partial charge in [0, 0.05) is 25.9 Å². The molecule has 0 heterocycles. The summed E-state index contributed by atoms with van der Waals surface area (Å²) < 4.78 is 21.9. The zero-order valence-electron chi connectivity index (χ0n) is 12.5. The number of hydrogen-bond acceptors (Lipinski definition) is 5. The Morgan fingerprint density at radius 2 is 1.79 bits per heavy atom. The molecule has 0 aliphatic rings. The maximum Gasteiger partial charge on any atom is 0.364 e. The Morgan fingerprint density at radius 1 is 1.21 bits per heavy atom. The van der Waals surface area contributed by atoms with Crippen molar-refractivity contribution in [2.45, 2.75) is 33.2 Å². The van der Waals surface area contributed by atoms with Crippen molar-refractivity contribution in [3.63, 3.8) is 0 Å². The van der Waals surface area contributed by atoms with Crippen molar-refractivity contribution in [2.24, 2.45) is 0 Å². The van der Waals surface area contributed by atoms with Crippen LogP contribution in [0.15, 0.2) is 12.2 Å². The summed E-state index contributed by atoms with van der Waals surface area (Å²) in [5, 5.41) is 0. The van der Waals surface area contributed by atoms with E-state index in [1.165, 1.54) is 0 Å². The first-order valence-corrected chi connectivity index (χ1v) is 8.84. The third kappa shape index (κ3) is 7.46. The highest BCUT2D eigenvalue weighted by Crippen LogP contribution is 2.17. The molecule has 19 heavy (non-hydrogen) atoms. The van der Waals surface area contributed by atoms with Crippen LogP contribution in [0.1, 0.15) is 27.2 Å². The molecular weight excluding hydrogens is 264 g/mol. The summed E-state index contributed by atoms with van der Waals surface area (Å²) in [6.07, 6.45) is 1.19. The van der Waals surface area contributed by atoms with E-state index in [-0.39, 0.29) is 5.97 Å². The normalized spacial score (nSPS) is 11.4. The maximum atomic E-state index is 11.2. The average molecular weight is 290 g/mol. The third-order valence-corrected chi connectivity index (χ3v) is 5.94. The number of rotatable bonds is 11. The molecule has 0 aromatic carbocycles. The van der Waals surface area contributed by atoms with Gasteiger partial charge in [-0.25, -0.2) is 4.79 Å². The fourth-order valence-electron chi connectivity index (χ4n) is 1.72. The van der Waals surface area contributed by atoms with E-state index in [0.29, 0.717) is 38.0 Å². The predicted molar refractivity (Wildman–Crippen MR) is 76.1 cm³/mol. The Morgan fingerprint density at radius 3 is 2.21 bits per heavy atom. The standard InChI is InChI=1S/C13H26O5Si/c1-6-17-19(11-15-5,18-7-2)10-8-9-16-13(14)12(3)4/h3,6-11H2,1-2,4-5H3. The molecule has 0 bridgehead atoms. The minimum atomic E-state index is -2.33. The predicted octanol–water partition coefficient (Wildman–Crippen LogP) is 2.20. The van der Waals surface area contributed by atoms with Crippen molar-refractivity contribution in [3.8, 4) is 0 Å². The number of ether oxygens (including phenoxy) is 2. The fraction of sp³-hybridized carbons (Fsp3) is 0.769. The van der Waals surface area contributed by atoms with Gasteiger partial charge >= 0.3 is 14.5 Å². The van der Waals surface area contributed by atoms with Crippen LogP contribution in [-0.4, -0.2) is 47.7 Å². The van der Waals surface area contributed by atoms with Crippen LogP contribution in [0.3, 0.4) is 0 Å². The molecule has 0 amide bonds. The number of carbonyl (C=O) groups is 1. The highest BCUT2D eigenvalue weighted by Gasteiger charge is 2.37. The monoisotopic (exact) mass is 290 g/mol. The molecule has 0 unspecified atom stereocenters. The molecule has 112 valence electrons. The quantitative estimate of drug-likeness (QED) is 0.253. The zero-order valence-corrected chi connectivity index (χ0v) is 13.5. The smallest absolute Gasteiger partial charge is 0.364 e. The lowest BCUT2D eigenvalue weighted by Crippen LogP contribution is -2.47. The lowest BCUT2D eigenvalue weighted by molar-refractivity contribution is -0.138. The van der Waals surface area contributed by atoms with Crippen LogP contribution in [0.25, 0.3) is 0 Å². The molecule has 0 spiro atoms. The van der Waals surface area contributed by atoms with Crippen LogP contribution in [0.4, 0.5) is 0 Å². The first-order chi connectivity index (χ1) is 9.01. The topological polar surface area (TPSA) is 54.0 Å². The van der Waals surface area contributed by atoms with Gasteiger partial charge < -0.3 is 18.3 Å². The van der Waals surface area contributed by atoms with Gasteiger partial charge in [-0.15, -0.1) is 0 Å². The summed E-state index contributed by atoms with van der Waals surface area (Å²) >= 11 is 0. The Labute approximate surface area is 117 Å². The van der Waals surface area contributed by atoms with Crippen LogP contribution in [0, 0.1) is 0 Å². The summed E-state index contributed by atoms with van der Waals surface area (Å²) in [5.74, 6) is -0.355. The fourth-order valence-corrected chi connectivity index (χ4v) is 4.58. The molecule has 0 aromatic heterocycles. The van der Waals surface area contributed by atoms with Crippen LogP contribution < -0.4 is 0 Å². The van der Waals surface area contributed by atoms with Crippen molar-refractivity contribution in [3.05, 3.63) is 12.2 Å². The number of hydrogen-bond donors (Lipinski definition) is 0. The lowest BCUT2D eigenvalue weighted by atomic mass is 10.4. The van der Waals surface area contributed by atoms with E-state index in [1.807, 2.05) is 13.8 Å². The summed E-state index contributed by atoms with van der Waals surface area (Å²) in [4.78, 5) is 11.2. The minimum absolute atomic E-state index is 0.351. The second-order valence-electron chi connectivity index (χ2n) is 4.23. The van der Waals surface area contributed by atoms with Gasteiger partial charge in [-0.3, -0.25) is 0 Å². The highest BCUT2D eigenvalue weighted by atomic mass is 28.4. The zero-order chi connectivity index (χ0) is 14.7. The van der Waals surface area contributed by atoms with Gasteiger partial charge in [0.05, 0.1) is 12.8 Å². The molecule has 0 aromatic rings. The van der Waals surface area contributed by atoms with Gasteiger partial charge in [-0.05, 0) is 33.2 Å². The van der Waals surface area contributed by atoms with Crippen molar-refractivity contribution in [1.29, 1.82) is 0 Å². The van der Waals surface area contributed by atoms with Gasteiger partial charge in [0.25, 0.3) is 0 Å². The molecule has 5 nitrogen and oxygen atoms in total. The van der Waals surface area contributed by atoms with Crippen LogP contribution >= 0.6 is 0 Å². The van der Waals surface area contributed by atoms with Crippen molar-refractivity contribution in [2.75, 3.05) is 33.2 Å². The average Bonchev–Trinajstić information content (AvgIpc) is 2.35. The van der Waals surface area contributed by atoms with E-state index < -0.39 is 8.56 Å². The molecule has 0 saturated heterocycles. The van der Waals surface area contributed by atoms with E-state index in [2.05, 4.69) is 6.58 Å². The van der Waals surface area contributed by atoms with Crippen molar-refractivity contribution in [1.82, 2.24) is 0 Å². The Balaban J connectivity index is 4.24. The van der Waals surface area contributed by atoms with E-state index in [1.54, 1.807) is 14.0 Å². The van der Waals surface area contributed by atoms with Gasteiger partial charge in [0.2, 0.25) is 0 Å². The summed E-state index contributed by atoms with van der Waals surface area (Å²) in [7, 11) is -0.691. The first kappa shape index (κ1) is 18.3. The minimum Gasteiger partial charge on any atom is -0.462 e. The van der Waals surface area contributed by atoms with E-state index >= 15 is 0 Å². The Hall–Kier alpha value is -0.693. The van der Waals surface area contributed by atoms with E-state index in [0.717, 1.165) is 6.04 Å². The summed E-state index contributed by atoms with van der Waals surface area (Å²) in [5.41, 5.74) is 0.412. The molecular formula is C13H26O5Si. The molecule has 0 N–H and O–H groups in total. The molecule has 0 rings (SSSR count). The number of esters is 1. The largest absolute Gasteiger partial charge is 0.462 e. The van der Waals surface area contributed by atoms with Gasteiger partial charge in [-0.2, -0.15) is 0 Å². The molecule has 0 aliphatic carbocycles. The summed E-state index contributed by atoms with van der Waals surface area (Å²) in [6.45, 7) is 10.6. The number of carbonyl (C=O) groups excluding carboxylic acids is 1. The van der Waals surface area contributed by atoms with Crippen LogP contribution in [0.5, 0.6) is 0 Å². The lowest BCUT2D eigenvalue weighted by Gasteiger charge is -2.29. The second kappa shape index (κ2) is 10.1. The Kier molecular flexibility index (Phi) is 9.77. The molecule has 0 fully saturated rings. The van der Waals surface area contributed by atoms with E-state index in [9.17, 15) is 4.79 Å². The van der Waals surface area contributed by atoms with Gasteiger partial charge in [0.15, 0.2) is 0 Å². The molecule has 0 atom stereocenters. The molecule has 0 saturated carbocycles. The summed E-state index contributed by atoms with van der Waals surface area (Å²) in [6, 6.07) is 0.742. The van der Waals surface area contributed by atoms with Crippen molar-refractivity contribution >= 4 is 14.5 Å². The highest BCUT2D eigenvalue weighted by molar-refractivity contribution is 6.67. The van der Waals surface area contributed by atoms with Gasteiger partial charge in [-0.1, -0.05) is 6.58 Å². The maximum absolute atomic E-state index is 11.2. The molecule has 0 radical (unpaired) electrons. The van der Waals surface area contributed by atoms with Crippen LogP contribution in [-0.2, 0) is 23.1 Å². The molecule has 6 heteroatoms. The van der Waals surface area contributed by atoms with Crippen molar-refractivity contribution < 1.29 is 23.1 Å². The van der Waals surface area contributed by atoms with E-state index in [4.69, 9.17) is 18.3 Å².